The number of hydrogen-bond acceptors (Lipinski definition) is 5. The van der Waals surface area contributed by atoms with E-state index < -0.39 is 0 Å². The van der Waals surface area contributed by atoms with Crippen molar-refractivity contribution >= 4 is 39.4 Å². The van der Waals surface area contributed by atoms with Crippen molar-refractivity contribution in [3.8, 4) is 17.2 Å². The number of halogens is 1. The summed E-state index contributed by atoms with van der Waals surface area (Å²) in [5.74, 6) is 1.44. The number of hydrogen-bond donors (Lipinski definition) is 1. The maximum atomic E-state index is 12.4. The molecule has 126 valence electrons. The van der Waals surface area contributed by atoms with Gasteiger partial charge in [0.25, 0.3) is 5.91 Å². The van der Waals surface area contributed by atoms with Crippen LogP contribution in [-0.4, -0.2) is 25.1 Å². The number of anilines is 1. The van der Waals surface area contributed by atoms with Gasteiger partial charge in [0.05, 0.1) is 5.69 Å². The molecule has 0 fully saturated rings. The van der Waals surface area contributed by atoms with E-state index in [4.69, 9.17) is 14.2 Å². The van der Waals surface area contributed by atoms with Crippen LogP contribution >= 0.6 is 15.9 Å². The predicted octanol–water partition coefficient (Wildman–Crippen LogP) is 3.40. The Kier molecular flexibility index (Phi) is 3.93. The molecule has 25 heavy (non-hydrogen) atoms. The Hall–Kier alpha value is -2.80. The van der Waals surface area contributed by atoms with Crippen molar-refractivity contribution in [1.82, 2.24) is 0 Å². The zero-order valence-electron chi connectivity index (χ0n) is 12.9. The highest BCUT2D eigenvalue weighted by atomic mass is 79.9. The minimum atomic E-state index is -0.239. The summed E-state index contributed by atoms with van der Waals surface area (Å²) in [6.45, 7) is 0.176. The Morgan fingerprint density at radius 3 is 2.72 bits per heavy atom. The van der Waals surface area contributed by atoms with E-state index in [1.165, 1.54) is 6.08 Å². The molecule has 0 bridgehead atoms. The summed E-state index contributed by atoms with van der Waals surface area (Å²) < 4.78 is 16.7. The molecule has 0 saturated heterocycles. The Morgan fingerprint density at radius 1 is 1.08 bits per heavy atom. The first-order valence-corrected chi connectivity index (χ1v) is 8.28. The van der Waals surface area contributed by atoms with Gasteiger partial charge in [-0.1, -0.05) is 15.9 Å². The molecule has 0 atom stereocenters. The molecule has 0 aromatic heterocycles. The Balaban J connectivity index is 1.57. The molecule has 0 saturated carbocycles. The lowest BCUT2D eigenvalue weighted by atomic mass is 10.1. The van der Waals surface area contributed by atoms with Crippen LogP contribution in [0, 0.1) is 0 Å². The molecule has 0 aliphatic carbocycles. The molecule has 4 rings (SSSR count). The van der Waals surface area contributed by atoms with Crippen LogP contribution in [0.4, 0.5) is 5.69 Å². The van der Waals surface area contributed by atoms with E-state index in [0.29, 0.717) is 28.5 Å². The van der Waals surface area contributed by atoms with Crippen molar-refractivity contribution in [3.63, 3.8) is 0 Å². The van der Waals surface area contributed by atoms with Crippen molar-refractivity contribution in [2.24, 2.45) is 0 Å². The summed E-state index contributed by atoms with van der Waals surface area (Å²) in [7, 11) is 0. The van der Waals surface area contributed by atoms with Gasteiger partial charge in [0.15, 0.2) is 23.9 Å². The number of carbonyl (C=O) groups is 2. The number of allylic oxidation sites excluding steroid dienone is 1. The quantitative estimate of drug-likeness (QED) is 0.629. The van der Waals surface area contributed by atoms with Gasteiger partial charge in [0.1, 0.15) is 5.75 Å². The van der Waals surface area contributed by atoms with Crippen LogP contribution < -0.4 is 19.5 Å². The highest BCUT2D eigenvalue weighted by molar-refractivity contribution is 9.10. The van der Waals surface area contributed by atoms with Crippen LogP contribution in [0.5, 0.6) is 17.2 Å². The van der Waals surface area contributed by atoms with E-state index >= 15 is 0 Å². The fraction of sp³-hybridized carbons (Fsp3) is 0.111. The van der Waals surface area contributed by atoms with Crippen LogP contribution in [0.2, 0.25) is 0 Å². The molecule has 0 radical (unpaired) electrons. The fourth-order valence-corrected chi connectivity index (χ4v) is 3.01. The predicted molar refractivity (Wildman–Crippen MR) is 94.2 cm³/mol. The van der Waals surface area contributed by atoms with E-state index in [2.05, 4.69) is 21.2 Å². The first-order chi connectivity index (χ1) is 12.1. The summed E-state index contributed by atoms with van der Waals surface area (Å²) in [4.78, 5) is 23.8. The van der Waals surface area contributed by atoms with Gasteiger partial charge >= 0.3 is 0 Å². The third-order valence-electron chi connectivity index (χ3n) is 3.80. The summed E-state index contributed by atoms with van der Waals surface area (Å²) in [6.07, 6.45) is 3.17. The van der Waals surface area contributed by atoms with Gasteiger partial charge < -0.3 is 19.5 Å². The van der Waals surface area contributed by atoms with Crippen molar-refractivity contribution < 1.29 is 23.8 Å². The molecule has 2 aliphatic heterocycles. The molecule has 2 aliphatic rings. The molecule has 6 nitrogen and oxygen atoms in total. The van der Waals surface area contributed by atoms with Crippen molar-refractivity contribution in [2.75, 3.05) is 18.7 Å². The number of ether oxygens (including phenoxy) is 3. The third-order valence-corrected chi connectivity index (χ3v) is 4.49. The minimum Gasteiger partial charge on any atom is -0.482 e. The first kappa shape index (κ1) is 15.7. The number of ketones is 1. The van der Waals surface area contributed by atoms with Crippen LogP contribution in [0.3, 0.4) is 0 Å². The summed E-state index contributed by atoms with van der Waals surface area (Å²) in [6, 6.07) is 8.55. The lowest BCUT2D eigenvalue weighted by molar-refractivity contribution is -0.118. The fourth-order valence-electron chi connectivity index (χ4n) is 2.56. The average Bonchev–Trinajstić information content (AvgIpc) is 3.05. The first-order valence-electron chi connectivity index (χ1n) is 7.48. The maximum Gasteiger partial charge on any atom is 0.262 e. The standard InChI is InChI=1S/C18H12BrNO5/c19-12-7-17-16(24-9-25-17)6-10(12)1-3-14(21)11-2-4-15-13(5-11)20-18(22)8-23-15/h1-7H,8-9H2,(H,20,22)/b3-1+. The number of carbonyl (C=O) groups excluding carboxylic acids is 2. The Bertz CT molecular complexity index is 922. The van der Waals surface area contributed by atoms with Crippen LogP contribution in [-0.2, 0) is 4.79 Å². The van der Waals surface area contributed by atoms with Gasteiger partial charge in [0, 0.05) is 10.0 Å². The third kappa shape index (κ3) is 3.10. The minimum absolute atomic E-state index is 0.0155. The summed E-state index contributed by atoms with van der Waals surface area (Å²) in [5.41, 5.74) is 1.75. The molecule has 1 amide bonds. The van der Waals surface area contributed by atoms with E-state index in [0.717, 1.165) is 10.0 Å². The van der Waals surface area contributed by atoms with Gasteiger partial charge in [0.2, 0.25) is 6.79 Å². The maximum absolute atomic E-state index is 12.4. The summed E-state index contributed by atoms with van der Waals surface area (Å²) >= 11 is 3.45. The molecule has 0 unspecified atom stereocenters. The van der Waals surface area contributed by atoms with Gasteiger partial charge in [-0.05, 0) is 48.0 Å². The number of amides is 1. The molecule has 2 aromatic rings. The second-order valence-electron chi connectivity index (χ2n) is 5.47. The Labute approximate surface area is 151 Å². The summed E-state index contributed by atoms with van der Waals surface area (Å²) in [5, 5.41) is 2.69. The van der Waals surface area contributed by atoms with E-state index in [1.54, 1.807) is 36.4 Å². The zero-order chi connectivity index (χ0) is 17.4. The number of rotatable bonds is 3. The SMILES string of the molecule is O=C1COc2ccc(C(=O)/C=C/c3cc4c(cc3Br)OCO4)cc2N1. The van der Waals surface area contributed by atoms with Gasteiger partial charge in [-0.15, -0.1) is 0 Å². The number of fused-ring (bicyclic) bond motifs is 2. The second-order valence-corrected chi connectivity index (χ2v) is 6.33. The second kappa shape index (κ2) is 6.25. The topological polar surface area (TPSA) is 73.9 Å². The molecule has 2 heterocycles. The molecule has 0 spiro atoms. The van der Waals surface area contributed by atoms with E-state index in [1.807, 2.05) is 0 Å². The number of benzene rings is 2. The monoisotopic (exact) mass is 401 g/mol. The Morgan fingerprint density at radius 2 is 1.88 bits per heavy atom. The van der Waals surface area contributed by atoms with Crippen molar-refractivity contribution in [1.29, 1.82) is 0 Å². The van der Waals surface area contributed by atoms with Crippen LogP contribution in [0.25, 0.3) is 6.08 Å². The van der Waals surface area contributed by atoms with Gasteiger partial charge in [-0.2, -0.15) is 0 Å². The number of nitrogens with one attached hydrogen (secondary N) is 1. The normalized spacial score (nSPS) is 14.8. The zero-order valence-corrected chi connectivity index (χ0v) is 14.5. The largest absolute Gasteiger partial charge is 0.482 e. The molecule has 7 heteroatoms. The molecular weight excluding hydrogens is 390 g/mol. The van der Waals surface area contributed by atoms with E-state index in [9.17, 15) is 9.59 Å². The van der Waals surface area contributed by atoms with Gasteiger partial charge in [-0.25, -0.2) is 0 Å². The smallest absolute Gasteiger partial charge is 0.262 e. The lowest BCUT2D eigenvalue weighted by Crippen LogP contribution is -2.25. The lowest BCUT2D eigenvalue weighted by Gasteiger charge is -2.17. The molecule has 1 N–H and O–H groups in total. The van der Waals surface area contributed by atoms with Crippen LogP contribution in [0.15, 0.2) is 40.9 Å². The van der Waals surface area contributed by atoms with Crippen molar-refractivity contribution in [2.45, 2.75) is 0 Å². The van der Waals surface area contributed by atoms with E-state index in [-0.39, 0.29) is 25.1 Å². The average molecular weight is 402 g/mol. The molecule has 2 aromatic carbocycles. The van der Waals surface area contributed by atoms with Gasteiger partial charge in [-0.3, -0.25) is 9.59 Å². The highest BCUT2D eigenvalue weighted by Crippen LogP contribution is 2.37. The van der Waals surface area contributed by atoms with Crippen molar-refractivity contribution in [3.05, 3.63) is 52.0 Å². The molecular formula is C18H12BrNO5. The van der Waals surface area contributed by atoms with Crippen LogP contribution in [0.1, 0.15) is 15.9 Å². The highest BCUT2D eigenvalue weighted by Gasteiger charge is 2.18.